The number of aromatic amines is 1. The van der Waals surface area contributed by atoms with E-state index in [-0.39, 0.29) is 10.9 Å². The number of methoxy groups -OCH3 is 1. The summed E-state index contributed by atoms with van der Waals surface area (Å²) in [5.41, 5.74) is 0.549. The Balaban J connectivity index is 3.07. The molecule has 1 aromatic rings. The average molecular weight is 261 g/mol. The Labute approximate surface area is 102 Å². The van der Waals surface area contributed by atoms with Gasteiger partial charge in [0.1, 0.15) is 4.90 Å². The van der Waals surface area contributed by atoms with Gasteiger partial charge >= 0.3 is 0 Å². The van der Waals surface area contributed by atoms with Crippen LogP contribution < -0.4 is 0 Å². The van der Waals surface area contributed by atoms with Crippen LogP contribution in [0.25, 0.3) is 0 Å². The van der Waals surface area contributed by atoms with Crippen molar-refractivity contribution in [3.8, 4) is 0 Å². The number of nitrogens with one attached hydrogen (secondary N) is 1. The molecule has 0 saturated carbocycles. The van der Waals surface area contributed by atoms with Gasteiger partial charge in [-0.15, -0.1) is 0 Å². The van der Waals surface area contributed by atoms with Gasteiger partial charge in [-0.3, -0.25) is 5.10 Å². The van der Waals surface area contributed by atoms with E-state index in [1.165, 1.54) is 10.5 Å². The first-order chi connectivity index (χ1) is 7.95. The van der Waals surface area contributed by atoms with Crippen molar-refractivity contribution in [3.05, 3.63) is 11.9 Å². The highest BCUT2D eigenvalue weighted by molar-refractivity contribution is 7.89. The molecule has 1 rings (SSSR count). The fourth-order valence-electron chi connectivity index (χ4n) is 1.77. The largest absolute Gasteiger partial charge is 0.383 e. The van der Waals surface area contributed by atoms with E-state index in [4.69, 9.17) is 4.74 Å². The van der Waals surface area contributed by atoms with Crippen LogP contribution in [-0.2, 0) is 14.8 Å². The molecule has 0 amide bonds. The lowest BCUT2D eigenvalue weighted by atomic mass is 10.4. The number of rotatable bonds is 6. The number of aromatic nitrogens is 2. The molecule has 17 heavy (non-hydrogen) atoms. The van der Waals surface area contributed by atoms with Crippen molar-refractivity contribution in [2.75, 3.05) is 20.3 Å². The van der Waals surface area contributed by atoms with Crippen molar-refractivity contribution < 1.29 is 13.2 Å². The number of aryl methyl sites for hydroxylation is 1. The first-order valence-electron chi connectivity index (χ1n) is 5.45. The summed E-state index contributed by atoms with van der Waals surface area (Å²) in [6, 6.07) is -0.204. The second-order valence-electron chi connectivity index (χ2n) is 3.87. The molecular formula is C10H19N3O3S. The van der Waals surface area contributed by atoms with Gasteiger partial charge in [-0.1, -0.05) is 6.92 Å². The van der Waals surface area contributed by atoms with Gasteiger partial charge in [0.05, 0.1) is 18.5 Å². The number of hydrogen-bond acceptors (Lipinski definition) is 4. The smallest absolute Gasteiger partial charge is 0.246 e. The Morgan fingerprint density at radius 2 is 2.24 bits per heavy atom. The van der Waals surface area contributed by atoms with E-state index in [9.17, 15) is 8.42 Å². The molecule has 1 heterocycles. The van der Waals surface area contributed by atoms with Crippen molar-refractivity contribution >= 4 is 10.0 Å². The SMILES string of the molecule is CCN(C(C)COC)S(=O)(=O)c1cn[nH]c1C. The van der Waals surface area contributed by atoms with E-state index in [0.717, 1.165) is 0 Å². The summed E-state index contributed by atoms with van der Waals surface area (Å²) in [4.78, 5) is 0.224. The van der Waals surface area contributed by atoms with E-state index >= 15 is 0 Å². The second kappa shape index (κ2) is 5.61. The quantitative estimate of drug-likeness (QED) is 0.820. The van der Waals surface area contributed by atoms with Crippen molar-refractivity contribution in [2.24, 2.45) is 0 Å². The normalized spacial score (nSPS) is 14.2. The Bertz CT molecular complexity index is 455. The van der Waals surface area contributed by atoms with Gasteiger partial charge in [0.25, 0.3) is 0 Å². The van der Waals surface area contributed by atoms with Gasteiger partial charge in [-0.05, 0) is 13.8 Å². The molecule has 0 aliphatic rings. The summed E-state index contributed by atoms with van der Waals surface area (Å²) >= 11 is 0. The number of sulfonamides is 1. The maximum atomic E-state index is 12.4. The van der Waals surface area contributed by atoms with E-state index in [1.807, 2.05) is 6.92 Å². The summed E-state index contributed by atoms with van der Waals surface area (Å²) < 4.78 is 31.2. The van der Waals surface area contributed by atoms with Crippen molar-refractivity contribution in [2.45, 2.75) is 31.7 Å². The Kier molecular flexibility index (Phi) is 4.67. The molecule has 0 aromatic carbocycles. The van der Waals surface area contributed by atoms with Gasteiger partial charge in [0.2, 0.25) is 10.0 Å². The third-order valence-electron chi connectivity index (χ3n) is 2.58. The van der Waals surface area contributed by atoms with Crippen molar-refractivity contribution in [1.29, 1.82) is 0 Å². The zero-order chi connectivity index (χ0) is 13.1. The van der Waals surface area contributed by atoms with E-state index in [2.05, 4.69) is 10.2 Å². The average Bonchev–Trinajstić information content (AvgIpc) is 2.66. The molecule has 1 atom stereocenters. The number of nitrogens with zero attached hydrogens (tertiary/aromatic N) is 2. The Hall–Kier alpha value is -0.920. The summed E-state index contributed by atoms with van der Waals surface area (Å²) in [5.74, 6) is 0. The molecule has 7 heteroatoms. The van der Waals surface area contributed by atoms with Crippen LogP contribution in [0, 0.1) is 6.92 Å². The van der Waals surface area contributed by atoms with Crippen LogP contribution in [0.5, 0.6) is 0 Å². The number of likely N-dealkylation sites (N-methyl/N-ethyl adjacent to an activating group) is 1. The van der Waals surface area contributed by atoms with Crippen LogP contribution in [0.15, 0.2) is 11.1 Å². The minimum atomic E-state index is -3.50. The van der Waals surface area contributed by atoms with Crippen LogP contribution in [-0.4, -0.2) is 49.2 Å². The Morgan fingerprint density at radius 3 is 2.65 bits per heavy atom. The lowest BCUT2D eigenvalue weighted by Gasteiger charge is -2.26. The molecule has 98 valence electrons. The molecule has 1 N–H and O–H groups in total. The summed E-state index contributed by atoms with van der Waals surface area (Å²) in [6.45, 7) is 6.08. The topological polar surface area (TPSA) is 75.3 Å². The molecular weight excluding hydrogens is 242 g/mol. The molecule has 0 fully saturated rings. The van der Waals surface area contributed by atoms with Crippen LogP contribution in [0.3, 0.4) is 0 Å². The summed E-state index contributed by atoms with van der Waals surface area (Å²) in [5, 5.41) is 6.39. The molecule has 0 saturated heterocycles. The van der Waals surface area contributed by atoms with Gasteiger partial charge in [0.15, 0.2) is 0 Å². The number of H-pyrrole nitrogens is 1. The third kappa shape index (κ3) is 2.85. The van der Waals surface area contributed by atoms with Gasteiger partial charge in [-0.2, -0.15) is 9.40 Å². The molecule has 1 aromatic heterocycles. The van der Waals surface area contributed by atoms with Crippen LogP contribution in [0.1, 0.15) is 19.5 Å². The highest BCUT2D eigenvalue weighted by Crippen LogP contribution is 2.19. The second-order valence-corrected chi connectivity index (χ2v) is 5.73. The Morgan fingerprint density at radius 1 is 1.59 bits per heavy atom. The lowest BCUT2D eigenvalue weighted by molar-refractivity contribution is 0.142. The van der Waals surface area contributed by atoms with E-state index in [0.29, 0.717) is 18.8 Å². The maximum Gasteiger partial charge on any atom is 0.246 e. The van der Waals surface area contributed by atoms with Crippen molar-refractivity contribution in [1.82, 2.24) is 14.5 Å². The molecule has 0 spiro atoms. The van der Waals surface area contributed by atoms with Crippen LogP contribution >= 0.6 is 0 Å². The van der Waals surface area contributed by atoms with Gasteiger partial charge in [0, 0.05) is 19.7 Å². The minimum Gasteiger partial charge on any atom is -0.383 e. The van der Waals surface area contributed by atoms with Crippen LogP contribution in [0.2, 0.25) is 0 Å². The first-order valence-corrected chi connectivity index (χ1v) is 6.89. The zero-order valence-electron chi connectivity index (χ0n) is 10.6. The van der Waals surface area contributed by atoms with Crippen molar-refractivity contribution in [3.63, 3.8) is 0 Å². The minimum absolute atomic E-state index is 0.204. The highest BCUT2D eigenvalue weighted by atomic mass is 32.2. The van der Waals surface area contributed by atoms with Gasteiger partial charge in [-0.25, -0.2) is 8.42 Å². The fraction of sp³-hybridized carbons (Fsp3) is 0.700. The maximum absolute atomic E-state index is 12.4. The first kappa shape index (κ1) is 14.1. The van der Waals surface area contributed by atoms with E-state index in [1.54, 1.807) is 21.0 Å². The fourth-order valence-corrected chi connectivity index (χ4v) is 3.51. The predicted molar refractivity (Wildman–Crippen MR) is 64.2 cm³/mol. The number of ether oxygens (including phenoxy) is 1. The monoisotopic (exact) mass is 261 g/mol. The molecule has 6 nitrogen and oxygen atoms in total. The third-order valence-corrected chi connectivity index (χ3v) is 4.78. The molecule has 1 unspecified atom stereocenters. The number of hydrogen-bond donors (Lipinski definition) is 1. The molecule has 0 aliphatic carbocycles. The van der Waals surface area contributed by atoms with Gasteiger partial charge < -0.3 is 4.74 Å². The highest BCUT2D eigenvalue weighted by Gasteiger charge is 2.29. The molecule has 0 radical (unpaired) electrons. The molecule has 0 aliphatic heterocycles. The molecule has 0 bridgehead atoms. The van der Waals surface area contributed by atoms with Crippen LogP contribution in [0.4, 0.5) is 0 Å². The standard InChI is InChI=1S/C10H19N3O3S/c1-5-13(8(2)7-16-4)17(14,15)10-6-11-12-9(10)3/h6,8H,5,7H2,1-4H3,(H,11,12). The zero-order valence-corrected chi connectivity index (χ0v) is 11.4. The van der Waals surface area contributed by atoms with E-state index < -0.39 is 10.0 Å². The lowest BCUT2D eigenvalue weighted by Crippen LogP contribution is -2.40. The summed E-state index contributed by atoms with van der Waals surface area (Å²) in [7, 11) is -1.94. The summed E-state index contributed by atoms with van der Waals surface area (Å²) in [6.07, 6.45) is 1.34. The predicted octanol–water partition coefficient (Wildman–Crippen LogP) is 0.764.